The lowest BCUT2D eigenvalue weighted by Gasteiger charge is -2.46. The maximum Gasteiger partial charge on any atom is 0.342 e. The summed E-state index contributed by atoms with van der Waals surface area (Å²) in [7, 11) is -6.44. The molecule has 3 aromatic rings. The number of benzene rings is 3. The average Bonchev–Trinajstić information content (AvgIpc) is 3.34. The number of methoxy groups -OCH3 is 1. The van der Waals surface area contributed by atoms with Crippen LogP contribution in [-0.2, 0) is 34.3 Å². The molecule has 0 fully saturated rings. The molecule has 432 valence electrons. The third-order valence-corrected chi connectivity index (χ3v) is 32.8. The Kier molecular flexibility index (Phi) is 20.8. The minimum atomic E-state index is -3.07. The van der Waals surface area contributed by atoms with Gasteiger partial charge < -0.3 is 42.4 Å². The van der Waals surface area contributed by atoms with Crippen molar-refractivity contribution in [3.05, 3.63) is 108 Å². The van der Waals surface area contributed by atoms with E-state index in [1.807, 2.05) is 52.8 Å². The van der Waals surface area contributed by atoms with Crippen LogP contribution >= 0.6 is 0 Å². The number of nitrogens with zero attached hydrogens (tertiary/aromatic N) is 1. The van der Waals surface area contributed by atoms with Crippen LogP contribution in [0.3, 0.4) is 0 Å². The first-order chi connectivity index (χ1) is 36.1. The quantitative estimate of drug-likeness (QED) is 0.0530. The number of hydrogen-bond donors (Lipinski definition) is 2. The van der Waals surface area contributed by atoms with E-state index in [1.165, 1.54) is 6.92 Å². The number of carbonyl (C=O) groups is 2. The van der Waals surface area contributed by atoms with E-state index in [4.69, 9.17) is 37.2 Å². The molecule has 3 aromatic carbocycles. The number of esters is 2. The van der Waals surface area contributed by atoms with Crippen molar-refractivity contribution in [3.63, 3.8) is 0 Å². The number of cyclic esters (lactones) is 1. The minimum absolute atomic E-state index is 0.00969. The van der Waals surface area contributed by atoms with Crippen molar-refractivity contribution in [2.75, 3.05) is 13.7 Å². The van der Waals surface area contributed by atoms with Crippen molar-refractivity contribution in [1.29, 1.82) is 0 Å². The number of aliphatic hydroxyl groups is 2. The Balaban J connectivity index is 1.47. The van der Waals surface area contributed by atoms with E-state index in [9.17, 15) is 19.8 Å². The van der Waals surface area contributed by atoms with Gasteiger partial charge >= 0.3 is 20.3 Å². The first-order valence-corrected chi connectivity index (χ1v) is 35.3. The molecule has 2 aliphatic rings. The lowest BCUT2D eigenvalue weighted by molar-refractivity contribution is -0.131. The molecule has 15 heteroatoms. The summed E-state index contributed by atoms with van der Waals surface area (Å²) in [4.78, 5) is 31.8. The fourth-order valence-corrected chi connectivity index (χ4v) is 22.7. The zero-order chi connectivity index (χ0) is 58.6. The predicted molar refractivity (Wildman–Crippen MR) is 323 cm³/mol. The molecule has 0 saturated heterocycles. The van der Waals surface area contributed by atoms with Crippen molar-refractivity contribution in [2.24, 2.45) is 16.3 Å². The highest BCUT2D eigenvalue weighted by atomic mass is 28.4. The molecule has 12 nitrogen and oxygen atoms in total. The van der Waals surface area contributed by atoms with Crippen molar-refractivity contribution < 1.29 is 52.0 Å². The van der Waals surface area contributed by atoms with Crippen molar-refractivity contribution in [2.45, 2.75) is 220 Å². The Bertz CT molecular complexity index is 2550. The van der Waals surface area contributed by atoms with Gasteiger partial charge in [-0.1, -0.05) is 171 Å². The van der Waals surface area contributed by atoms with Crippen LogP contribution in [0, 0.1) is 18.3 Å². The number of ether oxygens (including phenoxy) is 4. The lowest BCUT2D eigenvalue weighted by atomic mass is 9.75. The van der Waals surface area contributed by atoms with Crippen LogP contribution in [0.5, 0.6) is 11.5 Å². The molecule has 0 amide bonds. The van der Waals surface area contributed by atoms with Crippen LogP contribution in [0.2, 0.25) is 39.8 Å². The number of aliphatic imine (C=N–C) groups is 1. The van der Waals surface area contributed by atoms with Crippen molar-refractivity contribution >= 4 is 53.2 Å². The fraction of sp³-hybridized carbons (Fsp3) is 0.603. The highest BCUT2D eigenvalue weighted by molar-refractivity contribution is 6.99. The third-order valence-electron chi connectivity index (χ3n) is 17.4. The van der Waals surface area contributed by atoms with Crippen LogP contribution in [-0.4, -0.2) is 96.7 Å². The smallest absolute Gasteiger partial charge is 0.342 e. The largest absolute Gasteiger partial charge is 0.542 e. The van der Waals surface area contributed by atoms with Crippen molar-refractivity contribution in [1.82, 2.24) is 0 Å². The molecule has 0 aliphatic carbocycles. The first-order valence-electron chi connectivity index (χ1n) is 28.3. The van der Waals surface area contributed by atoms with Gasteiger partial charge in [0.15, 0.2) is 14.1 Å². The van der Waals surface area contributed by atoms with E-state index in [0.29, 0.717) is 59.3 Å². The predicted octanol–water partition coefficient (Wildman–Crippen LogP) is 13.3. The van der Waals surface area contributed by atoms with Gasteiger partial charge in [-0.15, -0.1) is 0 Å². The molecule has 1 unspecified atom stereocenters. The average molecular weight is 1130 g/mol. The van der Waals surface area contributed by atoms with Gasteiger partial charge in [0.1, 0.15) is 28.8 Å². The molecule has 0 spiro atoms. The Hall–Kier alpha value is -4.36. The zero-order valence-corrected chi connectivity index (χ0v) is 54.3. The van der Waals surface area contributed by atoms with Gasteiger partial charge in [0.2, 0.25) is 0 Å². The van der Waals surface area contributed by atoms with Crippen LogP contribution in [0.1, 0.15) is 158 Å². The lowest BCUT2D eigenvalue weighted by Crippen LogP contribution is -2.66. The van der Waals surface area contributed by atoms with Gasteiger partial charge in [-0.05, 0) is 87.6 Å². The highest BCUT2D eigenvalue weighted by Crippen LogP contribution is 2.48. The van der Waals surface area contributed by atoms with Crippen LogP contribution in [0.4, 0.5) is 0 Å². The SMILES string of the molecule is COCC1(C)CC=C(O[Si](c2ccccc2)(c2ccccc2)C(C)(C)C)C(=N/C=C/C[C@@H](O[Si](C)(C)C(C)(C)C)C(C)(C)[C@H](O)C[C@H](O)[C@@H](C)[C@H]2Cc3c(C)c(OC(C)=O)cc(O[Si](C(C)C)(C(C)C)C(C)C)c3C(=O)O2)O1. The monoisotopic (exact) mass is 1130 g/mol. The summed E-state index contributed by atoms with van der Waals surface area (Å²) in [5, 5.41) is 26.3. The Morgan fingerprint density at radius 3 is 1.88 bits per heavy atom. The maximum atomic E-state index is 14.4. The van der Waals surface area contributed by atoms with E-state index in [1.54, 1.807) is 19.4 Å². The van der Waals surface area contributed by atoms with Gasteiger partial charge in [0.05, 0.1) is 24.9 Å². The molecule has 78 heavy (non-hydrogen) atoms. The van der Waals surface area contributed by atoms with Crippen LogP contribution < -0.4 is 19.5 Å². The number of fused-ring (bicyclic) bond motifs is 1. The minimum Gasteiger partial charge on any atom is -0.542 e. The fourth-order valence-electron chi connectivity index (χ4n) is 11.5. The Morgan fingerprint density at radius 2 is 1.40 bits per heavy atom. The second-order valence-corrected chi connectivity index (χ2v) is 40.8. The highest BCUT2D eigenvalue weighted by Gasteiger charge is 2.54. The molecule has 0 bridgehead atoms. The van der Waals surface area contributed by atoms with E-state index >= 15 is 0 Å². The summed E-state index contributed by atoms with van der Waals surface area (Å²) in [6.45, 7) is 42.1. The van der Waals surface area contributed by atoms with Crippen LogP contribution in [0.15, 0.2) is 95.8 Å². The van der Waals surface area contributed by atoms with Gasteiger partial charge in [-0.25, -0.2) is 9.79 Å². The zero-order valence-electron chi connectivity index (χ0n) is 51.3. The molecule has 5 rings (SSSR count). The normalized spacial score (nSPS) is 20.0. The molecule has 2 aliphatic heterocycles. The second kappa shape index (κ2) is 25.2. The van der Waals surface area contributed by atoms with Crippen molar-refractivity contribution in [3.8, 4) is 11.5 Å². The number of aliphatic hydroxyl groups excluding tert-OH is 2. The topological polar surface area (TPSA) is 152 Å². The van der Waals surface area contributed by atoms with E-state index in [-0.39, 0.29) is 39.5 Å². The molecular weight excluding hydrogens is 1030 g/mol. The second-order valence-electron chi connectivity index (χ2n) is 26.5. The van der Waals surface area contributed by atoms with E-state index in [0.717, 1.165) is 10.4 Å². The third kappa shape index (κ3) is 13.9. The molecule has 0 radical (unpaired) electrons. The Labute approximate surface area is 472 Å². The summed E-state index contributed by atoms with van der Waals surface area (Å²) in [6, 6.07) is 22.7. The van der Waals surface area contributed by atoms with Gasteiger partial charge in [-0.2, -0.15) is 0 Å². The summed E-state index contributed by atoms with van der Waals surface area (Å²) < 4.78 is 46.3. The van der Waals surface area contributed by atoms with Gasteiger partial charge in [0.25, 0.3) is 14.2 Å². The molecule has 0 aromatic heterocycles. The molecule has 2 N–H and O–H groups in total. The molecule has 0 saturated carbocycles. The molecular formula is C63H97NO11Si3. The molecule has 2 heterocycles. The summed E-state index contributed by atoms with van der Waals surface area (Å²) in [5.41, 5.74) is 0.703. The molecule has 6 atom stereocenters. The van der Waals surface area contributed by atoms with Gasteiger partial charge in [0, 0.05) is 56.9 Å². The summed E-state index contributed by atoms with van der Waals surface area (Å²) in [5.74, 6) is 0.00570. The van der Waals surface area contributed by atoms with Gasteiger partial charge in [-0.3, -0.25) is 4.79 Å². The van der Waals surface area contributed by atoms with Crippen LogP contribution in [0.25, 0.3) is 0 Å². The summed E-state index contributed by atoms with van der Waals surface area (Å²) >= 11 is 0. The summed E-state index contributed by atoms with van der Waals surface area (Å²) in [6.07, 6.45) is 3.63. The van der Waals surface area contributed by atoms with E-state index in [2.05, 4.69) is 151 Å². The Morgan fingerprint density at radius 1 is 0.846 bits per heavy atom. The standard InChI is InChI=1S/C63H97NO11Si3/c1-41(2)77(42(3)4,43(5)6)73-54-39-53(70-46(9)65)44(7)49-37-52(71-59(68)57(49)54)45(8)50(66)38-55(67)62(16,17)56(75-76(20,21)60(10,11)12)33-28-36-64-58-51(34-35-63(18,72-58)40-69-19)74-78(61(13,14)15,47-29-24-22-25-30-47)48-31-26-23-27-32-48/h22-32,34,36,39,41-43,45,50,52,55-56,66-67H,33,35,37-38,40H2,1-21H3/b36-28+,64-58?/t45-,50+,52-,55-,56-,63?/m1/s1. The van der Waals surface area contributed by atoms with E-state index < -0.39 is 78.2 Å². The first kappa shape index (κ1) is 64.5. The number of carbonyl (C=O) groups excluding carboxylic acids is 2. The number of hydrogen-bond acceptors (Lipinski definition) is 12. The maximum absolute atomic E-state index is 14.4. The number of rotatable bonds is 23.